The van der Waals surface area contributed by atoms with E-state index < -0.39 is 0 Å². The van der Waals surface area contributed by atoms with Crippen LogP contribution in [0.5, 0.6) is 0 Å². The SMILES string of the molecule is Cc1cncc(C(N)C2CSCCS2)c1. The fourth-order valence-electron chi connectivity index (χ4n) is 1.69. The molecule has 0 aliphatic carbocycles. The highest BCUT2D eigenvalue weighted by atomic mass is 32.2. The molecule has 2 atom stereocenters. The van der Waals surface area contributed by atoms with E-state index >= 15 is 0 Å². The first-order valence-electron chi connectivity index (χ1n) is 5.14. The van der Waals surface area contributed by atoms with E-state index in [1.165, 1.54) is 28.4 Å². The van der Waals surface area contributed by atoms with Gasteiger partial charge in [0, 0.05) is 40.9 Å². The number of hydrogen-bond donors (Lipinski definition) is 1. The van der Waals surface area contributed by atoms with Gasteiger partial charge in [-0.05, 0) is 18.1 Å². The number of nitrogens with two attached hydrogens (primary N) is 1. The zero-order valence-electron chi connectivity index (χ0n) is 8.85. The van der Waals surface area contributed by atoms with Crippen LogP contribution in [0, 0.1) is 6.92 Å². The Morgan fingerprint density at radius 3 is 3.00 bits per heavy atom. The summed E-state index contributed by atoms with van der Waals surface area (Å²) >= 11 is 4.01. The third-order valence-electron chi connectivity index (χ3n) is 2.52. The summed E-state index contributed by atoms with van der Waals surface area (Å²) in [7, 11) is 0. The van der Waals surface area contributed by atoms with Gasteiger partial charge in [0.05, 0.1) is 0 Å². The molecule has 0 radical (unpaired) electrons. The summed E-state index contributed by atoms with van der Waals surface area (Å²) in [6.07, 6.45) is 3.77. The number of nitrogens with zero attached hydrogens (tertiary/aromatic N) is 1. The number of rotatable bonds is 2. The molecule has 82 valence electrons. The zero-order chi connectivity index (χ0) is 10.7. The normalized spacial score (nSPS) is 23.7. The summed E-state index contributed by atoms with van der Waals surface area (Å²) in [6, 6.07) is 2.28. The number of hydrogen-bond acceptors (Lipinski definition) is 4. The standard InChI is InChI=1S/C11H16N2S2/c1-8-4-9(6-13-5-8)11(12)10-7-14-2-3-15-10/h4-6,10-11H,2-3,7,12H2,1H3. The highest BCUT2D eigenvalue weighted by Crippen LogP contribution is 2.31. The van der Waals surface area contributed by atoms with Crippen LogP contribution in [-0.2, 0) is 0 Å². The van der Waals surface area contributed by atoms with Crippen LogP contribution < -0.4 is 5.73 Å². The first-order chi connectivity index (χ1) is 7.27. The maximum Gasteiger partial charge on any atom is 0.0439 e. The molecule has 0 aromatic carbocycles. The minimum atomic E-state index is 0.134. The minimum absolute atomic E-state index is 0.134. The molecule has 2 heterocycles. The summed E-state index contributed by atoms with van der Waals surface area (Å²) in [5, 5.41) is 0.548. The predicted octanol–water partition coefficient (Wildman–Crippen LogP) is 2.24. The molecule has 1 aromatic heterocycles. The van der Waals surface area contributed by atoms with Crippen molar-refractivity contribution in [1.29, 1.82) is 0 Å². The van der Waals surface area contributed by atoms with E-state index in [0.29, 0.717) is 5.25 Å². The first kappa shape index (κ1) is 11.3. The average molecular weight is 240 g/mol. The van der Waals surface area contributed by atoms with Crippen molar-refractivity contribution in [3.63, 3.8) is 0 Å². The Balaban J connectivity index is 2.08. The quantitative estimate of drug-likeness (QED) is 0.860. The van der Waals surface area contributed by atoms with Gasteiger partial charge in [-0.2, -0.15) is 23.5 Å². The van der Waals surface area contributed by atoms with E-state index in [-0.39, 0.29) is 6.04 Å². The topological polar surface area (TPSA) is 38.9 Å². The van der Waals surface area contributed by atoms with Crippen LogP contribution in [0.3, 0.4) is 0 Å². The van der Waals surface area contributed by atoms with Crippen LogP contribution in [-0.4, -0.2) is 27.5 Å². The number of aryl methyl sites for hydroxylation is 1. The maximum atomic E-state index is 6.26. The van der Waals surface area contributed by atoms with E-state index in [0.717, 1.165) is 0 Å². The molecule has 0 amide bonds. The molecule has 1 aliphatic rings. The molecular formula is C11H16N2S2. The second kappa shape index (κ2) is 5.23. The number of aromatic nitrogens is 1. The van der Waals surface area contributed by atoms with Gasteiger partial charge < -0.3 is 5.73 Å². The molecule has 2 unspecified atom stereocenters. The van der Waals surface area contributed by atoms with Crippen LogP contribution in [0.4, 0.5) is 0 Å². The molecule has 0 saturated carbocycles. The first-order valence-corrected chi connectivity index (χ1v) is 7.34. The van der Waals surface area contributed by atoms with Crippen LogP contribution in [0.15, 0.2) is 18.5 Å². The van der Waals surface area contributed by atoms with Crippen molar-refractivity contribution in [2.75, 3.05) is 17.3 Å². The Morgan fingerprint density at radius 1 is 1.47 bits per heavy atom. The maximum absolute atomic E-state index is 6.26. The second-order valence-corrected chi connectivity index (χ2v) is 6.30. The van der Waals surface area contributed by atoms with Gasteiger partial charge in [0.15, 0.2) is 0 Å². The van der Waals surface area contributed by atoms with Gasteiger partial charge in [0.1, 0.15) is 0 Å². The van der Waals surface area contributed by atoms with E-state index in [2.05, 4.69) is 18.0 Å². The smallest absolute Gasteiger partial charge is 0.0439 e. The molecule has 2 rings (SSSR count). The van der Waals surface area contributed by atoms with Crippen molar-refractivity contribution < 1.29 is 0 Å². The summed E-state index contributed by atoms with van der Waals surface area (Å²) in [4.78, 5) is 4.20. The largest absolute Gasteiger partial charge is 0.323 e. The summed E-state index contributed by atoms with van der Waals surface area (Å²) in [6.45, 7) is 2.06. The molecule has 0 spiro atoms. The lowest BCUT2D eigenvalue weighted by atomic mass is 10.1. The van der Waals surface area contributed by atoms with E-state index in [4.69, 9.17) is 5.73 Å². The summed E-state index contributed by atoms with van der Waals surface area (Å²) in [5.74, 6) is 3.65. The van der Waals surface area contributed by atoms with Gasteiger partial charge in [-0.3, -0.25) is 4.98 Å². The lowest BCUT2D eigenvalue weighted by molar-refractivity contribution is 0.715. The molecule has 0 bridgehead atoms. The summed E-state index contributed by atoms with van der Waals surface area (Å²) in [5.41, 5.74) is 8.63. The molecular weight excluding hydrogens is 224 g/mol. The van der Waals surface area contributed by atoms with Crippen LogP contribution in [0.1, 0.15) is 17.2 Å². The highest BCUT2D eigenvalue weighted by Gasteiger charge is 2.22. The monoisotopic (exact) mass is 240 g/mol. The van der Waals surface area contributed by atoms with Gasteiger partial charge in [-0.25, -0.2) is 0 Å². The highest BCUT2D eigenvalue weighted by molar-refractivity contribution is 8.06. The van der Waals surface area contributed by atoms with Gasteiger partial charge in [0.25, 0.3) is 0 Å². The van der Waals surface area contributed by atoms with Gasteiger partial charge in [-0.1, -0.05) is 6.07 Å². The molecule has 1 aromatic rings. The lowest BCUT2D eigenvalue weighted by Crippen LogP contribution is -2.28. The van der Waals surface area contributed by atoms with Crippen molar-refractivity contribution in [2.24, 2.45) is 5.73 Å². The molecule has 1 saturated heterocycles. The van der Waals surface area contributed by atoms with Crippen molar-refractivity contribution in [1.82, 2.24) is 4.98 Å². The van der Waals surface area contributed by atoms with E-state index in [1.807, 2.05) is 35.9 Å². The Kier molecular flexibility index (Phi) is 3.94. The van der Waals surface area contributed by atoms with Crippen LogP contribution >= 0.6 is 23.5 Å². The third-order valence-corrected chi connectivity index (χ3v) is 5.41. The van der Waals surface area contributed by atoms with Crippen LogP contribution in [0.2, 0.25) is 0 Å². The lowest BCUT2D eigenvalue weighted by Gasteiger charge is -2.26. The van der Waals surface area contributed by atoms with Crippen molar-refractivity contribution >= 4 is 23.5 Å². The predicted molar refractivity (Wildman–Crippen MR) is 69.5 cm³/mol. The van der Waals surface area contributed by atoms with Gasteiger partial charge in [0.2, 0.25) is 0 Å². The zero-order valence-corrected chi connectivity index (χ0v) is 10.5. The average Bonchev–Trinajstić information content (AvgIpc) is 2.29. The molecule has 4 heteroatoms. The minimum Gasteiger partial charge on any atom is -0.323 e. The molecule has 2 nitrogen and oxygen atoms in total. The summed E-state index contributed by atoms with van der Waals surface area (Å²) < 4.78 is 0. The third kappa shape index (κ3) is 2.89. The van der Waals surface area contributed by atoms with Crippen molar-refractivity contribution in [3.05, 3.63) is 29.6 Å². The van der Waals surface area contributed by atoms with Gasteiger partial charge >= 0.3 is 0 Å². The second-order valence-electron chi connectivity index (χ2n) is 3.81. The van der Waals surface area contributed by atoms with Crippen molar-refractivity contribution in [3.8, 4) is 0 Å². The number of thioether (sulfide) groups is 2. The Hall–Kier alpha value is -0.190. The van der Waals surface area contributed by atoms with E-state index in [1.54, 1.807) is 0 Å². The fourth-order valence-corrected chi connectivity index (χ4v) is 4.49. The molecule has 1 fully saturated rings. The van der Waals surface area contributed by atoms with Gasteiger partial charge in [-0.15, -0.1) is 0 Å². The fraction of sp³-hybridized carbons (Fsp3) is 0.545. The Bertz CT molecular complexity index is 324. The van der Waals surface area contributed by atoms with E-state index in [9.17, 15) is 0 Å². The van der Waals surface area contributed by atoms with Crippen LogP contribution in [0.25, 0.3) is 0 Å². The molecule has 15 heavy (non-hydrogen) atoms. The number of pyridine rings is 1. The Morgan fingerprint density at radius 2 is 2.33 bits per heavy atom. The van der Waals surface area contributed by atoms with Crippen molar-refractivity contribution in [2.45, 2.75) is 18.2 Å². The Labute approximate surface area is 99.4 Å². The molecule has 1 aliphatic heterocycles. The molecule has 2 N–H and O–H groups in total.